The van der Waals surface area contributed by atoms with Gasteiger partial charge in [-0.1, -0.05) is 11.6 Å². The Bertz CT molecular complexity index is 171. The summed E-state index contributed by atoms with van der Waals surface area (Å²) < 4.78 is 12.1. The Morgan fingerprint density at radius 3 is 2.56 bits per heavy atom. The van der Waals surface area contributed by atoms with E-state index < -0.39 is 5.82 Å². The van der Waals surface area contributed by atoms with Crippen LogP contribution in [0.2, 0.25) is 5.02 Å². The fraction of sp³-hybridized carbons (Fsp3) is 0. The third-order valence-corrected chi connectivity index (χ3v) is 1.03. The van der Waals surface area contributed by atoms with Crippen LogP contribution in [-0.4, -0.2) is 4.98 Å². The fourth-order valence-electron chi connectivity index (χ4n) is 0.358. The van der Waals surface area contributed by atoms with Crippen molar-refractivity contribution in [3.05, 3.63) is 29.3 Å². The highest BCUT2D eigenvalue weighted by Gasteiger charge is 1.92. The largest absolute Gasteiger partial charge is 0.262 e. The smallest absolute Gasteiger partial charge is 0.160 e. The second kappa shape index (κ2) is 3.64. The molecule has 50 valence electrons. The van der Waals surface area contributed by atoms with Gasteiger partial charge in [-0.05, 0) is 6.07 Å². The number of pyridine rings is 1. The topological polar surface area (TPSA) is 12.9 Å². The fourth-order valence-corrected chi connectivity index (χ4v) is 0.463. The molecular weight excluding hydrogens is 164 g/mol. The molecule has 1 aromatic rings. The molecule has 9 heavy (non-hydrogen) atoms. The Hall–Kier alpha value is -0.340. The highest BCUT2D eigenvalue weighted by molar-refractivity contribution is 6.30. The third-order valence-electron chi connectivity index (χ3n) is 0.723. The number of nitrogens with zero attached hydrogens (tertiary/aromatic N) is 1. The number of hydrogen-bond acceptors (Lipinski definition) is 1. The zero-order valence-corrected chi connectivity index (χ0v) is 5.92. The lowest BCUT2D eigenvalue weighted by molar-refractivity contribution is 0.622. The Morgan fingerprint density at radius 2 is 2.22 bits per heavy atom. The van der Waals surface area contributed by atoms with E-state index in [4.69, 9.17) is 11.6 Å². The van der Waals surface area contributed by atoms with Crippen LogP contribution in [-0.2, 0) is 0 Å². The normalized spacial score (nSPS) is 8.22. The molecule has 0 aromatic carbocycles. The van der Waals surface area contributed by atoms with Gasteiger partial charge < -0.3 is 0 Å². The number of aromatic nitrogens is 1. The molecule has 1 heterocycles. The van der Waals surface area contributed by atoms with E-state index in [0.29, 0.717) is 0 Å². The van der Waals surface area contributed by atoms with Gasteiger partial charge in [0.2, 0.25) is 0 Å². The predicted octanol–water partition coefficient (Wildman–Crippen LogP) is 2.30. The molecule has 0 aliphatic heterocycles. The summed E-state index contributed by atoms with van der Waals surface area (Å²) in [6.07, 6.45) is 2.51. The minimum Gasteiger partial charge on any atom is -0.262 e. The molecule has 0 aliphatic carbocycles. The number of hydrogen-bond donors (Lipinski definition) is 0. The van der Waals surface area contributed by atoms with Gasteiger partial charge >= 0.3 is 0 Å². The molecule has 0 fully saturated rings. The number of halogens is 3. The van der Waals surface area contributed by atoms with Crippen LogP contribution in [0.25, 0.3) is 0 Å². The van der Waals surface area contributed by atoms with Gasteiger partial charge in [0.25, 0.3) is 0 Å². The zero-order valence-electron chi connectivity index (χ0n) is 4.34. The van der Waals surface area contributed by atoms with E-state index >= 15 is 0 Å². The quantitative estimate of drug-likeness (QED) is 0.579. The summed E-state index contributed by atoms with van der Waals surface area (Å²) in [4.78, 5) is 3.49. The molecular formula is C5H4Cl2FN. The van der Waals surface area contributed by atoms with Crippen molar-refractivity contribution < 1.29 is 4.39 Å². The maximum Gasteiger partial charge on any atom is 0.160 e. The van der Waals surface area contributed by atoms with Gasteiger partial charge in [0.05, 0.1) is 11.2 Å². The van der Waals surface area contributed by atoms with Crippen LogP contribution < -0.4 is 0 Å². The predicted molar refractivity (Wildman–Crippen MR) is 36.5 cm³/mol. The lowest BCUT2D eigenvalue weighted by Gasteiger charge is -1.86. The summed E-state index contributed by atoms with van der Waals surface area (Å²) in [6.45, 7) is 0. The average molecular weight is 168 g/mol. The van der Waals surface area contributed by atoms with Gasteiger partial charge in [0, 0.05) is 6.20 Å². The van der Waals surface area contributed by atoms with Crippen molar-refractivity contribution in [2.24, 2.45) is 0 Å². The van der Waals surface area contributed by atoms with Gasteiger partial charge in [-0.2, -0.15) is 0 Å². The lowest BCUT2D eigenvalue weighted by Crippen LogP contribution is -1.75. The zero-order chi connectivity index (χ0) is 5.98. The molecule has 1 aromatic heterocycles. The molecule has 0 spiro atoms. The molecule has 0 unspecified atom stereocenters. The molecule has 1 rings (SSSR count). The van der Waals surface area contributed by atoms with Gasteiger partial charge in [0.1, 0.15) is 0 Å². The molecule has 0 radical (unpaired) electrons. The van der Waals surface area contributed by atoms with Gasteiger partial charge in [-0.3, -0.25) is 4.98 Å². The first kappa shape index (κ1) is 8.66. The van der Waals surface area contributed by atoms with Crippen LogP contribution in [0, 0.1) is 5.82 Å². The van der Waals surface area contributed by atoms with E-state index in [1.807, 2.05) is 0 Å². The first-order valence-electron chi connectivity index (χ1n) is 2.06. The van der Waals surface area contributed by atoms with Crippen molar-refractivity contribution in [3.63, 3.8) is 0 Å². The summed E-state index contributed by atoms with van der Waals surface area (Å²) >= 11 is 5.29. The molecule has 1 nitrogen and oxygen atoms in total. The maximum atomic E-state index is 12.1. The van der Waals surface area contributed by atoms with Crippen LogP contribution in [0.5, 0.6) is 0 Å². The molecule has 0 bridgehead atoms. The van der Waals surface area contributed by atoms with Crippen molar-refractivity contribution in [1.82, 2.24) is 4.98 Å². The summed E-state index contributed by atoms with van der Waals surface area (Å²) in [5.41, 5.74) is 0. The first-order valence-corrected chi connectivity index (χ1v) is 2.43. The number of rotatable bonds is 0. The molecule has 4 heteroatoms. The van der Waals surface area contributed by atoms with Crippen molar-refractivity contribution in [2.45, 2.75) is 0 Å². The van der Waals surface area contributed by atoms with Crippen LogP contribution in [0.3, 0.4) is 0 Å². The average Bonchev–Trinajstić information content (AvgIpc) is 1.77. The lowest BCUT2D eigenvalue weighted by atomic mass is 10.5. The van der Waals surface area contributed by atoms with Crippen LogP contribution >= 0.6 is 24.0 Å². The van der Waals surface area contributed by atoms with Gasteiger partial charge in [0.15, 0.2) is 5.82 Å². The molecule has 0 saturated carbocycles. The van der Waals surface area contributed by atoms with E-state index in [0.717, 1.165) is 6.20 Å². The van der Waals surface area contributed by atoms with Crippen LogP contribution in [0.4, 0.5) is 4.39 Å². The Morgan fingerprint density at radius 1 is 1.56 bits per heavy atom. The summed E-state index contributed by atoms with van der Waals surface area (Å²) in [5.74, 6) is -0.478. The molecule has 0 N–H and O–H groups in total. The molecule has 0 amide bonds. The minimum absolute atomic E-state index is 0. The highest BCUT2D eigenvalue weighted by Crippen LogP contribution is 2.09. The van der Waals surface area contributed by atoms with E-state index in [9.17, 15) is 4.39 Å². The highest BCUT2D eigenvalue weighted by atomic mass is 35.5. The van der Waals surface area contributed by atoms with Gasteiger partial charge in [-0.15, -0.1) is 12.4 Å². The molecule has 0 atom stereocenters. The van der Waals surface area contributed by atoms with Crippen molar-refractivity contribution in [2.75, 3.05) is 0 Å². The molecule has 0 saturated heterocycles. The summed E-state index contributed by atoms with van der Waals surface area (Å²) in [6, 6.07) is 1.40. The van der Waals surface area contributed by atoms with Crippen molar-refractivity contribution in [3.8, 4) is 0 Å². The second-order valence-corrected chi connectivity index (χ2v) is 1.70. The maximum absolute atomic E-state index is 12.1. The summed E-state index contributed by atoms with van der Waals surface area (Å²) in [5, 5.41) is 0.111. The van der Waals surface area contributed by atoms with Crippen molar-refractivity contribution in [1.29, 1.82) is 0 Å². The monoisotopic (exact) mass is 167 g/mol. The third kappa shape index (κ3) is 2.16. The Balaban J connectivity index is 0.000000640. The van der Waals surface area contributed by atoms with E-state index in [1.165, 1.54) is 12.3 Å². The Labute approximate surface area is 63.3 Å². The SMILES string of the molecule is Cl.Fc1cnccc1Cl. The minimum atomic E-state index is -0.478. The van der Waals surface area contributed by atoms with E-state index in [2.05, 4.69) is 4.98 Å². The van der Waals surface area contributed by atoms with E-state index in [1.54, 1.807) is 0 Å². The van der Waals surface area contributed by atoms with Gasteiger partial charge in [-0.25, -0.2) is 4.39 Å². The van der Waals surface area contributed by atoms with Crippen LogP contribution in [0.15, 0.2) is 18.5 Å². The Kier molecular flexibility index (Phi) is 3.50. The summed E-state index contributed by atoms with van der Waals surface area (Å²) in [7, 11) is 0. The standard InChI is InChI=1S/C5H3ClFN.ClH/c6-4-1-2-8-3-5(4)7;/h1-3H;1H. The second-order valence-electron chi connectivity index (χ2n) is 1.29. The van der Waals surface area contributed by atoms with Crippen LogP contribution in [0.1, 0.15) is 0 Å². The van der Waals surface area contributed by atoms with Crippen molar-refractivity contribution >= 4 is 24.0 Å². The van der Waals surface area contributed by atoms with E-state index in [-0.39, 0.29) is 17.4 Å². The first-order chi connectivity index (χ1) is 3.80. The molecule has 0 aliphatic rings.